The van der Waals surface area contributed by atoms with Crippen LogP contribution >= 0.6 is 0 Å². The molecule has 16 rings (SSSR count). The average Bonchev–Trinajstić information content (AvgIpc) is 0.766. The molecule has 13 heteroatoms. The SMILES string of the molecule is C=C(C)C(=O)OCCOC(c1ccccc1)c1ccccc1.C=COC(=O)c1ccc2ccccc2c1.C=Cc1ccc(CN2C(=O)c3cccc4cccc(c34)C2=O)cc1.C=Cc1cccc(CN2C(=O)c3cccc4cccc(c34)C2=O)c1.C=Cc1cccc(Cn2c3ccccc3c(=O)c3ccccc32)c1. The van der Waals surface area contributed by atoms with Gasteiger partial charge in [-0.1, -0.05) is 276 Å². The maximum atomic E-state index is 12.9. The Labute approximate surface area is 632 Å². The average molecular weight is 1430 g/mol. The highest BCUT2D eigenvalue weighted by atomic mass is 16.6. The van der Waals surface area contributed by atoms with Gasteiger partial charge in [0.15, 0.2) is 5.43 Å². The van der Waals surface area contributed by atoms with Crippen molar-refractivity contribution < 1.29 is 43.0 Å². The zero-order valence-corrected chi connectivity index (χ0v) is 60.2. The lowest BCUT2D eigenvalue weighted by Gasteiger charge is -2.27. The second-order valence-electron chi connectivity index (χ2n) is 25.7. The first-order chi connectivity index (χ1) is 53.1. The number of aromatic nitrogens is 1. The maximum absolute atomic E-state index is 12.9. The van der Waals surface area contributed by atoms with Gasteiger partial charge in [-0.3, -0.25) is 33.8 Å². The lowest BCUT2D eigenvalue weighted by molar-refractivity contribution is -0.140. The summed E-state index contributed by atoms with van der Waals surface area (Å²) in [5.74, 6) is -1.73. The van der Waals surface area contributed by atoms with Crippen LogP contribution in [0, 0.1) is 0 Å². The number of pyridine rings is 1. The number of para-hydroxylation sites is 2. The summed E-state index contributed by atoms with van der Waals surface area (Å²) >= 11 is 0. The van der Waals surface area contributed by atoms with Crippen LogP contribution in [0.2, 0.25) is 0 Å². The second-order valence-corrected chi connectivity index (χ2v) is 25.7. The number of hydrogen-bond donors (Lipinski definition) is 0. The summed E-state index contributed by atoms with van der Waals surface area (Å²) in [4.78, 5) is 89.5. The van der Waals surface area contributed by atoms with Crippen LogP contribution in [-0.4, -0.2) is 63.1 Å². The van der Waals surface area contributed by atoms with Crippen molar-refractivity contribution in [2.24, 2.45) is 0 Å². The van der Waals surface area contributed by atoms with E-state index in [4.69, 9.17) is 14.2 Å². The van der Waals surface area contributed by atoms with Crippen molar-refractivity contribution in [3.63, 3.8) is 0 Å². The van der Waals surface area contributed by atoms with Crippen LogP contribution in [0.1, 0.15) is 109 Å². The smallest absolute Gasteiger partial charge is 0.342 e. The maximum Gasteiger partial charge on any atom is 0.342 e. The number of ether oxygens (including phenoxy) is 3. The number of carbonyl (C=O) groups is 6. The first-order valence-electron chi connectivity index (χ1n) is 35.4. The van der Waals surface area contributed by atoms with Crippen molar-refractivity contribution in [3.05, 3.63) is 425 Å². The molecule has 0 bridgehead atoms. The molecule has 0 unspecified atom stereocenters. The Kier molecular flexibility index (Phi) is 24.1. The molecule has 3 heterocycles. The summed E-state index contributed by atoms with van der Waals surface area (Å²) in [6.07, 6.45) is 6.32. The molecule has 13 nitrogen and oxygen atoms in total. The number of benzene rings is 13. The molecule has 0 spiro atoms. The molecule has 0 radical (unpaired) electrons. The van der Waals surface area contributed by atoms with E-state index < -0.39 is 0 Å². The quantitative estimate of drug-likeness (QED) is 0.0202. The van der Waals surface area contributed by atoms with Crippen molar-refractivity contribution in [3.8, 4) is 0 Å². The second kappa shape index (κ2) is 35.2. The normalized spacial score (nSPS) is 11.8. The van der Waals surface area contributed by atoms with Gasteiger partial charge in [-0.25, -0.2) is 9.59 Å². The van der Waals surface area contributed by atoms with E-state index in [0.717, 1.165) is 99.3 Å². The van der Waals surface area contributed by atoms with E-state index in [1.54, 1.807) is 55.5 Å². The summed E-state index contributed by atoms with van der Waals surface area (Å²) in [7, 11) is 0. The number of imide groups is 2. The monoisotopic (exact) mass is 1430 g/mol. The van der Waals surface area contributed by atoms with Crippen LogP contribution in [0.5, 0.6) is 0 Å². The molecule has 109 heavy (non-hydrogen) atoms. The van der Waals surface area contributed by atoms with Crippen molar-refractivity contribution in [1.29, 1.82) is 0 Å². The molecule has 2 aliphatic heterocycles. The third kappa shape index (κ3) is 17.4. The van der Waals surface area contributed by atoms with Crippen molar-refractivity contribution in [1.82, 2.24) is 14.4 Å². The molecule has 0 saturated heterocycles. The summed E-state index contributed by atoms with van der Waals surface area (Å²) < 4.78 is 17.9. The minimum atomic E-state index is -0.389. The standard InChI is InChI=1S/C22H17NO.2C21H15NO2.C19H20O3.C13H10O2/c1-2-16-8-7-9-17(14-16)15-23-20-12-5-3-10-18(20)22(24)19-11-4-6-13-21(19)23;1-2-14-6-3-7-15(12-14)13-22-20(23)17-10-4-8-16-9-5-11-18(19(16)17)21(22)24;1-2-14-9-11-15(12-10-14)13-22-20(23)17-7-3-5-16-6-4-8-18(19(16)17)21(22)24;1-15(2)19(20)22-14-13-21-18(16-9-5-3-6-10-16)17-11-7-4-8-12-17;1-2-15-13(14)12-8-7-10-5-3-4-6-11(10)9-12/h2-14H,1,15H2;2*2-12H,1,13H2;3-12,18H,1,13-14H2,2H3;2-9H,1H2. The van der Waals surface area contributed by atoms with E-state index in [1.807, 2.05) is 255 Å². The van der Waals surface area contributed by atoms with Gasteiger partial charge < -0.3 is 18.8 Å². The van der Waals surface area contributed by atoms with Gasteiger partial charge in [-0.2, -0.15) is 0 Å². The van der Waals surface area contributed by atoms with Crippen LogP contribution in [0.3, 0.4) is 0 Å². The molecule has 0 N–H and O–H groups in total. The first kappa shape index (κ1) is 74.7. The Hall–Kier alpha value is -14.0. The molecule has 536 valence electrons. The van der Waals surface area contributed by atoms with Crippen LogP contribution in [-0.2, 0) is 38.6 Å². The summed E-state index contributed by atoms with van der Waals surface area (Å²) in [5.41, 5.74) is 13.5. The van der Waals surface area contributed by atoms with Gasteiger partial charge >= 0.3 is 11.9 Å². The summed E-state index contributed by atoms with van der Waals surface area (Å²) in [6.45, 7) is 21.6. The van der Waals surface area contributed by atoms with E-state index in [0.29, 0.717) is 46.5 Å². The number of hydrogen-bond acceptors (Lipinski definition) is 10. The van der Waals surface area contributed by atoms with Gasteiger partial charge in [0, 0.05) is 55.9 Å². The lowest BCUT2D eigenvalue weighted by atomic mass is 9.94. The Morgan fingerprint density at radius 1 is 0.394 bits per heavy atom. The molecule has 0 saturated carbocycles. The minimum absolute atomic E-state index is 0.0947. The highest BCUT2D eigenvalue weighted by molar-refractivity contribution is 6.26. The van der Waals surface area contributed by atoms with Crippen LogP contribution in [0.15, 0.2) is 347 Å². The predicted octanol–water partition coefficient (Wildman–Crippen LogP) is 20.5. The fraction of sp³-hybridized carbons (Fsp3) is 0.0729. The highest BCUT2D eigenvalue weighted by Gasteiger charge is 2.34. The molecule has 2 aliphatic rings. The molecule has 13 aromatic carbocycles. The lowest BCUT2D eigenvalue weighted by Crippen LogP contribution is -2.39. The van der Waals surface area contributed by atoms with Crippen molar-refractivity contribution >= 4 is 108 Å². The van der Waals surface area contributed by atoms with Crippen molar-refractivity contribution in [2.45, 2.75) is 32.7 Å². The van der Waals surface area contributed by atoms with Crippen molar-refractivity contribution in [2.75, 3.05) is 13.2 Å². The first-order valence-corrected chi connectivity index (χ1v) is 35.4. The minimum Gasteiger partial charge on any atom is -0.460 e. The topological polar surface area (TPSA) is 159 Å². The van der Waals surface area contributed by atoms with E-state index in [-0.39, 0.29) is 66.8 Å². The Bertz CT molecular complexity index is 5680. The number of nitrogens with zero attached hydrogens (tertiary/aromatic N) is 3. The molecule has 0 atom stereocenters. The molecule has 14 aromatic rings. The Morgan fingerprint density at radius 3 is 1.28 bits per heavy atom. The van der Waals surface area contributed by atoms with Crippen LogP contribution in [0.25, 0.3) is 72.4 Å². The van der Waals surface area contributed by atoms with Gasteiger partial charge in [0.05, 0.1) is 42.6 Å². The molecule has 0 fully saturated rings. The molecule has 4 amide bonds. The largest absolute Gasteiger partial charge is 0.460 e. The van der Waals surface area contributed by atoms with E-state index in [2.05, 4.69) is 49.6 Å². The van der Waals surface area contributed by atoms with E-state index in [1.165, 1.54) is 15.4 Å². The van der Waals surface area contributed by atoms with Gasteiger partial charge in [-0.05, 0) is 146 Å². The Balaban J connectivity index is 0.000000128. The third-order valence-electron chi connectivity index (χ3n) is 18.5. The van der Waals surface area contributed by atoms with E-state index in [9.17, 15) is 33.6 Å². The third-order valence-corrected chi connectivity index (χ3v) is 18.5. The van der Waals surface area contributed by atoms with Gasteiger partial charge in [0.25, 0.3) is 23.6 Å². The van der Waals surface area contributed by atoms with Crippen LogP contribution in [0.4, 0.5) is 0 Å². The number of carbonyl (C=O) groups excluding carboxylic acids is 6. The molecule has 1 aromatic heterocycles. The zero-order valence-electron chi connectivity index (χ0n) is 60.2. The Morgan fingerprint density at radius 2 is 0.817 bits per heavy atom. The highest BCUT2D eigenvalue weighted by Crippen LogP contribution is 2.34. The van der Waals surface area contributed by atoms with E-state index >= 15 is 0 Å². The zero-order chi connectivity index (χ0) is 76.3. The van der Waals surface area contributed by atoms with Gasteiger partial charge in [-0.15, -0.1) is 0 Å². The molecular formula is C96H77N3O10. The van der Waals surface area contributed by atoms with Crippen LogP contribution < -0.4 is 5.43 Å². The number of fused-ring (bicyclic) bond motifs is 3. The fourth-order valence-corrected chi connectivity index (χ4v) is 13.2. The number of rotatable bonds is 18. The molecule has 0 aliphatic carbocycles. The summed E-state index contributed by atoms with van der Waals surface area (Å²) in [6, 6.07) is 94.8. The fourth-order valence-electron chi connectivity index (χ4n) is 13.2. The molecular weight excluding hydrogens is 1360 g/mol. The van der Waals surface area contributed by atoms with Gasteiger partial charge in [0.2, 0.25) is 0 Å². The number of esters is 2. The predicted molar refractivity (Wildman–Crippen MR) is 437 cm³/mol. The summed E-state index contributed by atoms with van der Waals surface area (Å²) in [5, 5.41) is 7.00. The number of amides is 4. The van der Waals surface area contributed by atoms with Gasteiger partial charge in [0.1, 0.15) is 12.7 Å².